The van der Waals surface area contributed by atoms with E-state index in [9.17, 15) is 10.1 Å². The van der Waals surface area contributed by atoms with Crippen LogP contribution in [0.4, 0.5) is 16.6 Å². The fraction of sp³-hybridized carbons (Fsp3) is 0. The van der Waals surface area contributed by atoms with E-state index >= 15 is 0 Å². The van der Waals surface area contributed by atoms with Crippen molar-refractivity contribution >= 4 is 78.4 Å². The fourth-order valence-corrected chi connectivity index (χ4v) is 6.02. The molecule has 4 aromatic heterocycles. The van der Waals surface area contributed by atoms with Crippen molar-refractivity contribution in [1.29, 1.82) is 5.26 Å². The number of nitrogen functional groups attached to an aromatic ring is 2. The first-order valence-corrected chi connectivity index (χ1v) is 12.5. The average molecular weight is 509 g/mol. The van der Waals surface area contributed by atoms with Crippen LogP contribution >= 0.6 is 45.6 Å². The normalized spacial score (nSPS) is 10.9. The lowest BCUT2D eigenvalue weighted by Gasteiger charge is -2.07. The third kappa shape index (κ3) is 3.71. The number of nitrogens with one attached hydrogen (secondary N) is 1. The highest BCUT2D eigenvalue weighted by molar-refractivity contribution is 7.21. The van der Waals surface area contributed by atoms with Gasteiger partial charge in [0, 0.05) is 26.9 Å². The molecule has 0 fully saturated rings. The Bertz CT molecular complexity index is 1570. The summed E-state index contributed by atoms with van der Waals surface area (Å²) < 4.78 is 0. The Hall–Kier alpha value is -3.49. The summed E-state index contributed by atoms with van der Waals surface area (Å²) in [7, 11) is 0. The largest absolute Gasteiger partial charge is 0.397 e. The molecule has 1 aromatic carbocycles. The van der Waals surface area contributed by atoms with Crippen LogP contribution in [0, 0.1) is 11.3 Å². The van der Waals surface area contributed by atoms with Crippen molar-refractivity contribution < 1.29 is 4.79 Å². The van der Waals surface area contributed by atoms with Crippen LogP contribution in [-0.2, 0) is 0 Å². The van der Waals surface area contributed by atoms with Gasteiger partial charge in [0.1, 0.15) is 27.2 Å². The molecule has 0 aliphatic carbocycles. The van der Waals surface area contributed by atoms with Gasteiger partial charge >= 0.3 is 0 Å². The van der Waals surface area contributed by atoms with Gasteiger partial charge in [0.05, 0.1) is 11.4 Å². The second-order valence-electron chi connectivity index (χ2n) is 6.87. The van der Waals surface area contributed by atoms with Gasteiger partial charge in [0.15, 0.2) is 5.13 Å². The van der Waals surface area contributed by atoms with E-state index in [-0.39, 0.29) is 21.9 Å². The zero-order chi connectivity index (χ0) is 23.1. The topological polar surface area (TPSA) is 131 Å². The molecule has 0 saturated heterocycles. The molecule has 0 radical (unpaired) electrons. The van der Waals surface area contributed by atoms with Crippen LogP contribution in [0.2, 0.25) is 5.02 Å². The molecule has 4 heterocycles. The van der Waals surface area contributed by atoms with Crippen molar-refractivity contribution in [2.45, 2.75) is 0 Å². The number of halogens is 1. The number of thiazole rings is 1. The van der Waals surface area contributed by atoms with Gasteiger partial charge in [-0.15, -0.1) is 22.7 Å². The molecule has 162 valence electrons. The summed E-state index contributed by atoms with van der Waals surface area (Å²) in [5.74, 6) is -0.312. The number of rotatable bonds is 4. The number of fused-ring (bicyclic) bond motifs is 1. The van der Waals surface area contributed by atoms with E-state index in [4.69, 9.17) is 23.1 Å². The predicted octanol–water partition coefficient (Wildman–Crippen LogP) is 6.09. The van der Waals surface area contributed by atoms with Gasteiger partial charge in [-0.2, -0.15) is 16.6 Å². The molecule has 0 spiro atoms. The van der Waals surface area contributed by atoms with Crippen LogP contribution in [0.15, 0.2) is 46.5 Å². The first-order chi connectivity index (χ1) is 16.0. The average Bonchev–Trinajstić information content (AvgIpc) is 3.54. The molecule has 5 N–H and O–H groups in total. The molecule has 7 nitrogen and oxygen atoms in total. The lowest BCUT2D eigenvalue weighted by Crippen LogP contribution is -2.11. The Kier molecular flexibility index (Phi) is 5.47. The zero-order valence-electron chi connectivity index (χ0n) is 16.6. The summed E-state index contributed by atoms with van der Waals surface area (Å²) in [6, 6.07) is 11.4. The predicted molar refractivity (Wildman–Crippen MR) is 137 cm³/mol. The smallest absolute Gasteiger partial charge is 0.269 e. The number of nitrogens with two attached hydrogens (primary N) is 2. The molecule has 1 amide bonds. The summed E-state index contributed by atoms with van der Waals surface area (Å²) in [6.07, 6.45) is 0. The Morgan fingerprint density at radius 3 is 2.70 bits per heavy atom. The van der Waals surface area contributed by atoms with Crippen LogP contribution in [-0.4, -0.2) is 15.9 Å². The number of nitriles is 1. The first-order valence-electron chi connectivity index (χ1n) is 9.43. The molecule has 0 aliphatic rings. The number of hydrogen-bond donors (Lipinski definition) is 3. The van der Waals surface area contributed by atoms with E-state index in [1.807, 2.05) is 40.4 Å². The third-order valence-corrected chi connectivity index (χ3v) is 7.78. The van der Waals surface area contributed by atoms with E-state index in [0.29, 0.717) is 31.6 Å². The number of amides is 1. The van der Waals surface area contributed by atoms with Gasteiger partial charge < -0.3 is 11.5 Å². The zero-order valence-corrected chi connectivity index (χ0v) is 19.8. The Morgan fingerprint density at radius 2 is 1.97 bits per heavy atom. The molecular weight excluding hydrogens is 496 g/mol. The quantitative estimate of drug-likeness (QED) is 0.269. The molecule has 5 aromatic rings. The Labute approximate surface area is 204 Å². The molecule has 5 rings (SSSR count). The molecule has 33 heavy (non-hydrogen) atoms. The van der Waals surface area contributed by atoms with Crippen molar-refractivity contribution in [3.63, 3.8) is 0 Å². The van der Waals surface area contributed by atoms with E-state index in [1.54, 1.807) is 6.07 Å². The maximum Gasteiger partial charge on any atom is 0.269 e. The van der Waals surface area contributed by atoms with Gasteiger partial charge in [-0.25, -0.2) is 9.97 Å². The summed E-state index contributed by atoms with van der Waals surface area (Å²) in [5.41, 5.74) is 15.8. The van der Waals surface area contributed by atoms with Crippen molar-refractivity contribution in [1.82, 2.24) is 9.97 Å². The Balaban J connectivity index is 1.54. The summed E-state index contributed by atoms with van der Waals surface area (Å²) in [4.78, 5) is 22.7. The summed E-state index contributed by atoms with van der Waals surface area (Å²) >= 11 is 10.1. The van der Waals surface area contributed by atoms with Gasteiger partial charge in [-0.3, -0.25) is 10.1 Å². The minimum atomic E-state index is -0.413. The number of aromatic nitrogens is 2. The number of anilines is 3. The van der Waals surface area contributed by atoms with Crippen molar-refractivity contribution in [3.05, 3.63) is 61.9 Å². The molecule has 0 saturated carbocycles. The minimum absolute atomic E-state index is 0.101. The van der Waals surface area contributed by atoms with Gasteiger partial charge in [-0.1, -0.05) is 29.8 Å². The van der Waals surface area contributed by atoms with Crippen LogP contribution in [0.3, 0.4) is 0 Å². The summed E-state index contributed by atoms with van der Waals surface area (Å²) in [6.45, 7) is 0. The van der Waals surface area contributed by atoms with Crippen molar-refractivity contribution in [3.8, 4) is 28.5 Å². The van der Waals surface area contributed by atoms with Gasteiger partial charge in [0.2, 0.25) is 0 Å². The van der Waals surface area contributed by atoms with Crippen LogP contribution in [0.25, 0.3) is 32.6 Å². The SMILES string of the molecule is N#Cc1c(N)nc2sc(C(=O)Nc3nc(-c4ccccc4Cl)cs3)c(N)c2c1-c1ccsc1. The fourth-order valence-electron chi connectivity index (χ4n) is 3.43. The molecule has 11 heteroatoms. The first kappa shape index (κ1) is 21.4. The minimum Gasteiger partial charge on any atom is -0.397 e. The highest BCUT2D eigenvalue weighted by Gasteiger charge is 2.25. The number of nitrogens with zero attached hydrogens (tertiary/aromatic N) is 3. The monoisotopic (exact) mass is 508 g/mol. The van der Waals surface area contributed by atoms with Gasteiger partial charge in [0.25, 0.3) is 5.91 Å². The van der Waals surface area contributed by atoms with E-state index in [2.05, 4.69) is 21.4 Å². The Morgan fingerprint density at radius 1 is 1.15 bits per heavy atom. The number of benzene rings is 1. The number of pyridine rings is 1. The standard InChI is InChI=1S/C22H13ClN6OS3/c23-13-4-2-1-3-11(13)14-9-32-22(27-14)29-20(30)18-17(25)16-15(10-5-6-31-8-10)12(7-24)19(26)28-21(16)33-18/h1-6,8-9H,25H2,(H2,26,28)(H,27,29,30). The van der Waals surface area contributed by atoms with Crippen LogP contribution < -0.4 is 16.8 Å². The maximum atomic E-state index is 13.1. The van der Waals surface area contributed by atoms with Crippen molar-refractivity contribution in [2.24, 2.45) is 0 Å². The second-order valence-corrected chi connectivity index (χ2v) is 9.91. The second kappa shape index (κ2) is 8.46. The van der Waals surface area contributed by atoms with E-state index in [0.717, 1.165) is 22.5 Å². The van der Waals surface area contributed by atoms with Crippen molar-refractivity contribution in [2.75, 3.05) is 16.8 Å². The molecule has 0 aliphatic heterocycles. The molecule has 0 atom stereocenters. The number of thiophene rings is 2. The van der Waals surface area contributed by atoms with E-state index in [1.165, 1.54) is 22.7 Å². The highest BCUT2D eigenvalue weighted by Crippen LogP contribution is 2.43. The number of carbonyl (C=O) groups excluding carboxylic acids is 1. The molecular formula is C22H13ClN6OS3. The van der Waals surface area contributed by atoms with Crippen LogP contribution in [0.5, 0.6) is 0 Å². The lowest BCUT2D eigenvalue weighted by atomic mass is 9.99. The third-order valence-electron chi connectivity index (χ3n) is 4.91. The number of hydrogen-bond acceptors (Lipinski definition) is 9. The highest BCUT2D eigenvalue weighted by atomic mass is 35.5. The molecule has 0 unspecified atom stereocenters. The van der Waals surface area contributed by atoms with Gasteiger partial charge in [-0.05, 0) is 28.5 Å². The maximum absolute atomic E-state index is 13.1. The lowest BCUT2D eigenvalue weighted by molar-refractivity contribution is 0.103. The van der Waals surface area contributed by atoms with Crippen LogP contribution in [0.1, 0.15) is 15.2 Å². The molecule has 0 bridgehead atoms. The van der Waals surface area contributed by atoms with E-state index < -0.39 is 5.91 Å². The summed E-state index contributed by atoms with van der Waals surface area (Å²) in [5, 5.41) is 19.6. The number of carbonyl (C=O) groups is 1.